The van der Waals surface area contributed by atoms with Gasteiger partial charge in [0, 0.05) is 0 Å². The van der Waals surface area contributed by atoms with Gasteiger partial charge in [-0.05, 0) is 68.4 Å². The summed E-state index contributed by atoms with van der Waals surface area (Å²) in [6.07, 6.45) is 17.7. The zero-order valence-electron chi connectivity index (χ0n) is 16.3. The van der Waals surface area contributed by atoms with Crippen LogP contribution in [0.15, 0.2) is 0 Å². The summed E-state index contributed by atoms with van der Waals surface area (Å²) in [5.41, 5.74) is 0. The van der Waals surface area contributed by atoms with Crippen molar-refractivity contribution in [2.24, 2.45) is 29.6 Å². The average Bonchev–Trinajstić information content (AvgIpc) is 2.53. The highest BCUT2D eigenvalue weighted by molar-refractivity contribution is 4.75. The van der Waals surface area contributed by atoms with Gasteiger partial charge >= 0.3 is 0 Å². The molecule has 0 aromatic heterocycles. The molecule has 23 heavy (non-hydrogen) atoms. The Morgan fingerprint density at radius 1 is 0.652 bits per heavy atom. The van der Waals surface area contributed by atoms with E-state index < -0.39 is 0 Å². The summed E-state index contributed by atoms with van der Waals surface area (Å²) in [5.74, 6) is 4.77. The quantitative estimate of drug-likeness (QED) is 0.632. The van der Waals surface area contributed by atoms with Crippen molar-refractivity contribution in [2.75, 3.05) is 13.1 Å². The van der Waals surface area contributed by atoms with E-state index in [1.807, 2.05) is 0 Å². The van der Waals surface area contributed by atoms with Crippen LogP contribution in [0.1, 0.15) is 97.8 Å². The molecule has 1 saturated carbocycles. The van der Waals surface area contributed by atoms with Crippen molar-refractivity contribution < 1.29 is 0 Å². The van der Waals surface area contributed by atoms with E-state index in [1.54, 1.807) is 0 Å². The molecule has 136 valence electrons. The molecule has 1 heterocycles. The lowest BCUT2D eigenvalue weighted by Crippen LogP contribution is -2.29. The van der Waals surface area contributed by atoms with Crippen LogP contribution in [-0.2, 0) is 0 Å². The van der Waals surface area contributed by atoms with Gasteiger partial charge in [-0.25, -0.2) is 0 Å². The largest absolute Gasteiger partial charge is 0.316 e. The van der Waals surface area contributed by atoms with E-state index in [9.17, 15) is 0 Å². The first-order valence-electron chi connectivity index (χ1n) is 10.9. The predicted octanol–water partition coefficient (Wildman–Crippen LogP) is 6.43. The molecular weight excluding hydrogens is 278 g/mol. The van der Waals surface area contributed by atoms with E-state index in [4.69, 9.17) is 0 Å². The van der Waals surface area contributed by atoms with E-state index in [-0.39, 0.29) is 0 Å². The minimum Gasteiger partial charge on any atom is -0.316 e. The lowest BCUT2D eigenvalue weighted by atomic mass is 9.76. The maximum atomic E-state index is 3.78. The van der Waals surface area contributed by atoms with Crippen molar-refractivity contribution in [2.45, 2.75) is 97.8 Å². The molecule has 0 aromatic rings. The summed E-state index contributed by atoms with van der Waals surface area (Å²) >= 11 is 0. The fraction of sp³-hybridized carbons (Fsp3) is 1.00. The number of nitrogens with one attached hydrogen (secondary N) is 1. The van der Waals surface area contributed by atoms with Crippen molar-refractivity contribution in [3.63, 3.8) is 0 Å². The highest BCUT2D eigenvalue weighted by Crippen LogP contribution is 2.34. The number of hydrogen-bond donors (Lipinski definition) is 1. The van der Waals surface area contributed by atoms with Gasteiger partial charge in [-0.3, -0.25) is 0 Å². The molecule has 2 aliphatic rings. The molecule has 0 amide bonds. The zero-order valence-corrected chi connectivity index (χ0v) is 16.3. The Bertz CT molecular complexity index is 300. The fourth-order valence-corrected chi connectivity index (χ4v) is 4.91. The average molecular weight is 322 g/mol. The summed E-state index contributed by atoms with van der Waals surface area (Å²) in [4.78, 5) is 0. The molecule has 2 fully saturated rings. The van der Waals surface area contributed by atoms with Crippen LogP contribution in [0, 0.1) is 29.6 Å². The Hall–Kier alpha value is -0.0400. The molecule has 1 N–H and O–H groups in total. The Morgan fingerprint density at radius 2 is 1.43 bits per heavy atom. The smallest absolute Gasteiger partial charge is 0.00204 e. The van der Waals surface area contributed by atoms with E-state index in [2.05, 4.69) is 26.1 Å². The molecule has 5 atom stereocenters. The molecule has 1 nitrogen and oxygen atoms in total. The first-order valence-corrected chi connectivity index (χ1v) is 10.9. The van der Waals surface area contributed by atoms with Gasteiger partial charge in [-0.1, -0.05) is 72.1 Å². The van der Waals surface area contributed by atoms with E-state index in [0.717, 1.165) is 29.6 Å². The van der Waals surface area contributed by atoms with Crippen LogP contribution in [0.4, 0.5) is 0 Å². The molecule has 0 radical (unpaired) electrons. The second kappa shape index (κ2) is 10.7. The van der Waals surface area contributed by atoms with E-state index in [1.165, 1.54) is 90.1 Å². The predicted molar refractivity (Wildman–Crippen MR) is 103 cm³/mol. The van der Waals surface area contributed by atoms with Crippen LogP contribution in [0.25, 0.3) is 0 Å². The molecule has 1 aliphatic carbocycles. The van der Waals surface area contributed by atoms with Crippen molar-refractivity contribution in [3.05, 3.63) is 0 Å². The van der Waals surface area contributed by atoms with Gasteiger partial charge in [0.05, 0.1) is 0 Å². The lowest BCUT2D eigenvalue weighted by molar-refractivity contribution is 0.221. The van der Waals surface area contributed by atoms with E-state index >= 15 is 0 Å². The summed E-state index contributed by atoms with van der Waals surface area (Å²) in [6.45, 7) is 9.94. The third-order valence-corrected chi connectivity index (χ3v) is 6.87. The molecule has 0 aromatic carbocycles. The van der Waals surface area contributed by atoms with Gasteiger partial charge in [-0.15, -0.1) is 0 Å². The first kappa shape index (κ1) is 19.3. The molecule has 1 heteroatoms. The van der Waals surface area contributed by atoms with Gasteiger partial charge in [0.2, 0.25) is 0 Å². The van der Waals surface area contributed by atoms with Crippen LogP contribution < -0.4 is 5.32 Å². The second-order valence-corrected chi connectivity index (χ2v) is 9.20. The Morgan fingerprint density at radius 3 is 2.30 bits per heavy atom. The van der Waals surface area contributed by atoms with Crippen molar-refractivity contribution in [1.82, 2.24) is 5.32 Å². The van der Waals surface area contributed by atoms with Crippen LogP contribution >= 0.6 is 0 Å². The van der Waals surface area contributed by atoms with Crippen LogP contribution in [-0.4, -0.2) is 13.1 Å². The Labute approximate surface area is 146 Å². The standard InChI is InChI=1S/C22H43N/c1-18-9-7-11-22(20(3)13-12-18)15-14-21-10-6-4-5-8-19(2)16-23-17-21/h18-23H,4-17H2,1-3H3. The molecule has 0 spiro atoms. The van der Waals surface area contributed by atoms with Gasteiger partial charge < -0.3 is 5.32 Å². The summed E-state index contributed by atoms with van der Waals surface area (Å²) in [5, 5.41) is 3.78. The highest BCUT2D eigenvalue weighted by Gasteiger charge is 2.22. The van der Waals surface area contributed by atoms with Crippen molar-refractivity contribution >= 4 is 0 Å². The second-order valence-electron chi connectivity index (χ2n) is 9.20. The molecule has 1 saturated heterocycles. The maximum Gasteiger partial charge on any atom is -0.00204 e. The third kappa shape index (κ3) is 7.59. The van der Waals surface area contributed by atoms with Gasteiger partial charge in [-0.2, -0.15) is 0 Å². The SMILES string of the molecule is CC1CCCC(CCC2CCCCCC(C)CNC2)C(C)CC1. The number of rotatable bonds is 3. The molecule has 5 unspecified atom stereocenters. The van der Waals surface area contributed by atoms with Crippen LogP contribution in [0.2, 0.25) is 0 Å². The minimum atomic E-state index is 0.876. The molecule has 0 bridgehead atoms. The Balaban J connectivity index is 1.75. The number of hydrogen-bond acceptors (Lipinski definition) is 1. The van der Waals surface area contributed by atoms with Crippen molar-refractivity contribution in [1.29, 1.82) is 0 Å². The normalized spacial score (nSPS) is 38.5. The third-order valence-electron chi connectivity index (χ3n) is 6.87. The summed E-state index contributed by atoms with van der Waals surface area (Å²) < 4.78 is 0. The lowest BCUT2D eigenvalue weighted by Gasteiger charge is -2.30. The van der Waals surface area contributed by atoms with Gasteiger partial charge in [0.25, 0.3) is 0 Å². The van der Waals surface area contributed by atoms with Crippen LogP contribution in [0.3, 0.4) is 0 Å². The van der Waals surface area contributed by atoms with Gasteiger partial charge in [0.15, 0.2) is 0 Å². The Kier molecular flexibility index (Phi) is 9.01. The van der Waals surface area contributed by atoms with E-state index in [0.29, 0.717) is 0 Å². The first-order chi connectivity index (χ1) is 11.1. The monoisotopic (exact) mass is 321 g/mol. The molecule has 1 aliphatic heterocycles. The maximum absolute atomic E-state index is 3.78. The topological polar surface area (TPSA) is 12.0 Å². The fourth-order valence-electron chi connectivity index (χ4n) is 4.91. The highest BCUT2D eigenvalue weighted by atomic mass is 14.9. The zero-order chi connectivity index (χ0) is 16.5. The molecule has 2 rings (SSSR count). The summed E-state index contributed by atoms with van der Waals surface area (Å²) in [7, 11) is 0. The minimum absolute atomic E-state index is 0.876. The van der Waals surface area contributed by atoms with Crippen molar-refractivity contribution in [3.8, 4) is 0 Å². The van der Waals surface area contributed by atoms with Gasteiger partial charge in [0.1, 0.15) is 0 Å². The molecular formula is C22H43N. The summed E-state index contributed by atoms with van der Waals surface area (Å²) in [6, 6.07) is 0. The van der Waals surface area contributed by atoms with Crippen LogP contribution in [0.5, 0.6) is 0 Å².